The summed E-state index contributed by atoms with van der Waals surface area (Å²) in [4.78, 5) is 23.8. The van der Waals surface area contributed by atoms with Crippen LogP contribution < -0.4 is 20.3 Å². The highest BCUT2D eigenvalue weighted by molar-refractivity contribution is 6.30. The Morgan fingerprint density at radius 3 is 2.46 bits per heavy atom. The van der Waals surface area contributed by atoms with Crippen molar-refractivity contribution in [3.05, 3.63) is 58.6 Å². The molecule has 138 valence electrons. The molecular formula is C19H21ClN2O4. The number of hydrazine groups is 1. The average molecular weight is 377 g/mol. The number of carbonyl (C=O) groups excluding carboxylic acids is 2. The van der Waals surface area contributed by atoms with E-state index in [-0.39, 0.29) is 6.61 Å². The van der Waals surface area contributed by atoms with Crippen LogP contribution >= 0.6 is 11.6 Å². The molecule has 6 nitrogen and oxygen atoms in total. The molecule has 0 heterocycles. The molecule has 0 spiro atoms. The van der Waals surface area contributed by atoms with E-state index in [4.69, 9.17) is 21.1 Å². The van der Waals surface area contributed by atoms with Crippen molar-refractivity contribution in [3.63, 3.8) is 0 Å². The van der Waals surface area contributed by atoms with Crippen LogP contribution in [0, 0.1) is 13.8 Å². The zero-order valence-corrected chi connectivity index (χ0v) is 15.6. The van der Waals surface area contributed by atoms with Crippen LogP contribution in [0.4, 0.5) is 0 Å². The van der Waals surface area contributed by atoms with Crippen molar-refractivity contribution >= 4 is 23.4 Å². The number of halogens is 1. The van der Waals surface area contributed by atoms with Gasteiger partial charge in [-0.2, -0.15) is 0 Å². The van der Waals surface area contributed by atoms with Gasteiger partial charge in [0, 0.05) is 5.02 Å². The lowest BCUT2D eigenvalue weighted by atomic mass is 10.1. The Balaban J connectivity index is 1.77. The quantitative estimate of drug-likeness (QED) is 0.760. The Morgan fingerprint density at radius 2 is 1.77 bits per heavy atom. The lowest BCUT2D eigenvalue weighted by Gasteiger charge is -2.17. The van der Waals surface area contributed by atoms with Crippen LogP contribution in [0.2, 0.25) is 5.02 Å². The van der Waals surface area contributed by atoms with Crippen molar-refractivity contribution in [1.29, 1.82) is 0 Å². The van der Waals surface area contributed by atoms with Crippen LogP contribution in [0.15, 0.2) is 42.5 Å². The first-order valence-corrected chi connectivity index (χ1v) is 8.44. The van der Waals surface area contributed by atoms with Crippen molar-refractivity contribution in [2.24, 2.45) is 0 Å². The molecule has 0 aliphatic carbocycles. The first-order valence-electron chi connectivity index (χ1n) is 8.06. The molecule has 2 amide bonds. The topological polar surface area (TPSA) is 76.7 Å². The number of rotatable bonds is 6. The fourth-order valence-corrected chi connectivity index (χ4v) is 2.15. The minimum absolute atomic E-state index is 0.242. The molecule has 2 rings (SSSR count). The van der Waals surface area contributed by atoms with E-state index in [0.29, 0.717) is 16.5 Å². The lowest BCUT2D eigenvalue weighted by Crippen LogP contribution is -2.48. The largest absolute Gasteiger partial charge is 0.484 e. The van der Waals surface area contributed by atoms with Gasteiger partial charge in [-0.1, -0.05) is 23.7 Å². The average Bonchev–Trinajstić information content (AvgIpc) is 2.62. The fourth-order valence-electron chi connectivity index (χ4n) is 2.03. The van der Waals surface area contributed by atoms with E-state index < -0.39 is 17.9 Å². The number of ether oxygens (including phenoxy) is 2. The van der Waals surface area contributed by atoms with Crippen molar-refractivity contribution < 1.29 is 19.1 Å². The van der Waals surface area contributed by atoms with Crippen LogP contribution in [0.3, 0.4) is 0 Å². The molecule has 7 heteroatoms. The predicted molar refractivity (Wildman–Crippen MR) is 99.2 cm³/mol. The summed E-state index contributed by atoms with van der Waals surface area (Å²) >= 11 is 5.77. The van der Waals surface area contributed by atoms with Crippen molar-refractivity contribution in [1.82, 2.24) is 10.9 Å². The maximum atomic E-state index is 12.1. The Morgan fingerprint density at radius 1 is 1.08 bits per heavy atom. The molecule has 2 aromatic rings. The third-order valence-corrected chi connectivity index (χ3v) is 3.78. The zero-order chi connectivity index (χ0) is 19.1. The molecule has 2 N–H and O–H groups in total. The molecular weight excluding hydrogens is 356 g/mol. The van der Waals surface area contributed by atoms with Crippen LogP contribution in [-0.2, 0) is 9.59 Å². The third-order valence-electron chi connectivity index (χ3n) is 3.53. The molecule has 0 radical (unpaired) electrons. The van der Waals surface area contributed by atoms with Crippen LogP contribution in [0.25, 0.3) is 0 Å². The number of aryl methyl sites for hydroxylation is 2. The Hall–Kier alpha value is -2.73. The second-order valence-electron chi connectivity index (χ2n) is 5.81. The van der Waals surface area contributed by atoms with Gasteiger partial charge < -0.3 is 9.47 Å². The number of amides is 2. The lowest BCUT2D eigenvalue weighted by molar-refractivity contribution is -0.133. The van der Waals surface area contributed by atoms with Gasteiger partial charge in [0.25, 0.3) is 11.8 Å². The molecule has 0 aliphatic heterocycles. The van der Waals surface area contributed by atoms with Crippen LogP contribution in [-0.4, -0.2) is 24.5 Å². The zero-order valence-electron chi connectivity index (χ0n) is 14.8. The molecule has 0 saturated carbocycles. The Labute approximate surface area is 157 Å². The van der Waals surface area contributed by atoms with Gasteiger partial charge in [0.1, 0.15) is 11.5 Å². The smallest absolute Gasteiger partial charge is 0.279 e. The van der Waals surface area contributed by atoms with Crippen LogP contribution in [0.5, 0.6) is 11.5 Å². The van der Waals surface area contributed by atoms with Crippen molar-refractivity contribution in [2.75, 3.05) is 6.61 Å². The van der Waals surface area contributed by atoms with Gasteiger partial charge in [0.15, 0.2) is 12.7 Å². The molecule has 1 atom stereocenters. The normalized spacial score (nSPS) is 11.4. The molecule has 0 aromatic heterocycles. The van der Waals surface area contributed by atoms with E-state index in [2.05, 4.69) is 10.9 Å². The highest BCUT2D eigenvalue weighted by atomic mass is 35.5. The van der Waals surface area contributed by atoms with Crippen molar-refractivity contribution in [2.45, 2.75) is 26.9 Å². The van der Waals surface area contributed by atoms with Gasteiger partial charge in [0.05, 0.1) is 0 Å². The van der Waals surface area contributed by atoms with Crippen molar-refractivity contribution in [3.8, 4) is 11.5 Å². The van der Waals surface area contributed by atoms with E-state index in [1.165, 1.54) is 0 Å². The number of nitrogens with one attached hydrogen (secondary N) is 2. The molecule has 1 unspecified atom stereocenters. The fraction of sp³-hybridized carbons (Fsp3) is 0.263. The second-order valence-corrected chi connectivity index (χ2v) is 6.25. The van der Waals surface area contributed by atoms with Gasteiger partial charge in [-0.15, -0.1) is 0 Å². The second kappa shape index (κ2) is 9.10. The number of carbonyl (C=O) groups is 2. The Kier molecular flexibility index (Phi) is 6.86. The van der Waals surface area contributed by atoms with E-state index in [1.807, 2.05) is 32.0 Å². The van der Waals surface area contributed by atoms with Gasteiger partial charge in [-0.25, -0.2) is 0 Å². The highest BCUT2D eigenvalue weighted by Gasteiger charge is 2.16. The summed E-state index contributed by atoms with van der Waals surface area (Å²) in [5.41, 5.74) is 6.56. The molecule has 0 saturated heterocycles. The van der Waals surface area contributed by atoms with Gasteiger partial charge in [0.2, 0.25) is 0 Å². The summed E-state index contributed by atoms with van der Waals surface area (Å²) in [6, 6.07) is 12.4. The SMILES string of the molecule is Cc1ccc(C)c(OC(C)C(=O)NNC(=O)COc2ccc(Cl)cc2)c1. The molecule has 2 aromatic carbocycles. The first-order chi connectivity index (χ1) is 12.3. The van der Waals surface area contributed by atoms with Gasteiger partial charge in [-0.05, 0) is 62.2 Å². The summed E-state index contributed by atoms with van der Waals surface area (Å²) in [5, 5.41) is 0.576. The maximum absolute atomic E-state index is 12.1. The Bertz CT molecular complexity index is 778. The summed E-state index contributed by atoms with van der Waals surface area (Å²) < 4.78 is 10.9. The monoisotopic (exact) mass is 376 g/mol. The van der Waals surface area contributed by atoms with E-state index >= 15 is 0 Å². The third kappa shape index (κ3) is 5.97. The number of benzene rings is 2. The minimum atomic E-state index is -0.770. The van der Waals surface area contributed by atoms with Gasteiger partial charge in [-0.3, -0.25) is 20.4 Å². The maximum Gasteiger partial charge on any atom is 0.279 e. The molecule has 26 heavy (non-hydrogen) atoms. The summed E-state index contributed by atoms with van der Waals surface area (Å²) in [7, 11) is 0. The minimum Gasteiger partial charge on any atom is -0.484 e. The number of hydrogen-bond acceptors (Lipinski definition) is 4. The van der Waals surface area contributed by atoms with Gasteiger partial charge >= 0.3 is 0 Å². The summed E-state index contributed by atoms with van der Waals surface area (Å²) in [6.45, 7) is 5.20. The van der Waals surface area contributed by atoms with E-state index in [1.54, 1.807) is 31.2 Å². The first kappa shape index (κ1) is 19.6. The standard InChI is InChI=1S/C19H21ClN2O4/c1-12-4-5-13(2)17(10-12)26-14(3)19(24)22-21-18(23)11-25-16-8-6-15(20)7-9-16/h4-10,14H,11H2,1-3H3,(H,21,23)(H,22,24). The highest BCUT2D eigenvalue weighted by Crippen LogP contribution is 2.20. The van der Waals surface area contributed by atoms with E-state index in [9.17, 15) is 9.59 Å². The van der Waals surface area contributed by atoms with Crippen LogP contribution in [0.1, 0.15) is 18.1 Å². The summed E-state index contributed by atoms with van der Waals surface area (Å²) in [6.07, 6.45) is -0.770. The molecule has 0 fully saturated rings. The molecule has 0 aliphatic rings. The predicted octanol–water partition coefficient (Wildman–Crippen LogP) is 2.95. The number of hydrogen-bond donors (Lipinski definition) is 2. The van der Waals surface area contributed by atoms with E-state index in [0.717, 1.165) is 11.1 Å². The summed E-state index contributed by atoms with van der Waals surface area (Å²) in [5.74, 6) is 0.172. The molecule has 0 bridgehead atoms.